The van der Waals surface area contributed by atoms with E-state index in [0.29, 0.717) is 38.3 Å². The summed E-state index contributed by atoms with van der Waals surface area (Å²) in [6.45, 7) is 8.45. The fourth-order valence-electron chi connectivity index (χ4n) is 3.30. The SMILES string of the molecule is COc1ccc(Cn2ncc(CN3CCN(C(=O)OC(C)(C)C)CC3)c(O)c2=O)cc1. The van der Waals surface area contributed by atoms with E-state index in [1.165, 1.54) is 10.9 Å². The van der Waals surface area contributed by atoms with Crippen molar-refractivity contribution in [3.63, 3.8) is 0 Å². The van der Waals surface area contributed by atoms with Gasteiger partial charge in [-0.15, -0.1) is 0 Å². The number of nitrogens with zero attached hydrogens (tertiary/aromatic N) is 4. The highest BCUT2D eigenvalue weighted by Gasteiger charge is 2.26. The maximum Gasteiger partial charge on any atom is 0.410 e. The number of methoxy groups -OCH3 is 1. The number of hydrogen-bond donors (Lipinski definition) is 1. The van der Waals surface area contributed by atoms with Gasteiger partial charge in [0.1, 0.15) is 11.4 Å². The van der Waals surface area contributed by atoms with Gasteiger partial charge in [-0.3, -0.25) is 9.69 Å². The minimum atomic E-state index is -0.527. The first-order chi connectivity index (χ1) is 14.7. The standard InChI is InChI=1S/C22H30N4O5/c1-22(2,3)31-21(29)25-11-9-24(10-12-25)15-17-13-23-26(20(28)19(17)27)14-16-5-7-18(30-4)8-6-16/h5-8,13,27H,9-12,14-15H2,1-4H3. The normalized spacial score (nSPS) is 15.0. The zero-order chi connectivity index (χ0) is 22.6. The predicted octanol–water partition coefficient (Wildman–Crippen LogP) is 2.06. The highest BCUT2D eigenvalue weighted by atomic mass is 16.6. The third-order valence-electron chi connectivity index (χ3n) is 5.00. The Balaban J connectivity index is 1.60. The van der Waals surface area contributed by atoms with E-state index < -0.39 is 11.2 Å². The second-order valence-corrected chi connectivity index (χ2v) is 8.57. The summed E-state index contributed by atoms with van der Waals surface area (Å²) in [7, 11) is 1.59. The van der Waals surface area contributed by atoms with Crippen molar-refractivity contribution in [2.45, 2.75) is 39.5 Å². The quantitative estimate of drug-likeness (QED) is 0.775. The van der Waals surface area contributed by atoms with Gasteiger partial charge in [-0.05, 0) is 38.5 Å². The van der Waals surface area contributed by atoms with Crippen LogP contribution in [0.4, 0.5) is 4.79 Å². The van der Waals surface area contributed by atoms with E-state index in [2.05, 4.69) is 10.00 Å². The second kappa shape index (κ2) is 9.38. The number of ether oxygens (including phenoxy) is 2. The van der Waals surface area contributed by atoms with Crippen LogP contribution in [-0.2, 0) is 17.8 Å². The Hall–Kier alpha value is -3.07. The van der Waals surface area contributed by atoms with Crippen LogP contribution in [0.15, 0.2) is 35.3 Å². The Morgan fingerprint density at radius 2 is 1.74 bits per heavy atom. The monoisotopic (exact) mass is 430 g/mol. The molecule has 1 aliphatic heterocycles. The lowest BCUT2D eigenvalue weighted by Gasteiger charge is -2.35. The van der Waals surface area contributed by atoms with Crippen molar-refractivity contribution in [3.8, 4) is 11.5 Å². The Morgan fingerprint density at radius 1 is 1.10 bits per heavy atom. The van der Waals surface area contributed by atoms with Crippen molar-refractivity contribution in [2.24, 2.45) is 0 Å². The number of aromatic nitrogens is 2. The predicted molar refractivity (Wildman–Crippen MR) is 115 cm³/mol. The molecule has 1 fully saturated rings. The van der Waals surface area contributed by atoms with Gasteiger partial charge >= 0.3 is 11.7 Å². The summed E-state index contributed by atoms with van der Waals surface area (Å²) in [5.74, 6) is 0.437. The van der Waals surface area contributed by atoms with Crippen LogP contribution in [0, 0.1) is 0 Å². The van der Waals surface area contributed by atoms with Crippen molar-refractivity contribution in [1.29, 1.82) is 0 Å². The van der Waals surface area contributed by atoms with E-state index in [9.17, 15) is 14.7 Å². The average molecular weight is 431 g/mol. The summed E-state index contributed by atoms with van der Waals surface area (Å²) in [6.07, 6.45) is 1.21. The fraction of sp³-hybridized carbons (Fsp3) is 0.500. The van der Waals surface area contributed by atoms with Gasteiger partial charge in [0.15, 0.2) is 5.75 Å². The Bertz CT molecular complexity index is 957. The minimum Gasteiger partial charge on any atom is -0.503 e. The van der Waals surface area contributed by atoms with Crippen molar-refractivity contribution in [2.75, 3.05) is 33.3 Å². The van der Waals surface area contributed by atoms with Gasteiger partial charge in [0.05, 0.1) is 19.9 Å². The highest BCUT2D eigenvalue weighted by Crippen LogP contribution is 2.17. The molecule has 31 heavy (non-hydrogen) atoms. The van der Waals surface area contributed by atoms with Gasteiger partial charge in [0, 0.05) is 38.3 Å². The molecular weight excluding hydrogens is 400 g/mol. The third kappa shape index (κ3) is 5.97. The summed E-state index contributed by atoms with van der Waals surface area (Å²) in [5, 5.41) is 14.7. The molecule has 1 saturated heterocycles. The number of carbonyl (C=O) groups is 1. The first kappa shape index (κ1) is 22.6. The Morgan fingerprint density at radius 3 is 2.32 bits per heavy atom. The molecular formula is C22H30N4O5. The van der Waals surface area contributed by atoms with Crippen molar-refractivity contribution >= 4 is 6.09 Å². The molecule has 0 spiro atoms. The van der Waals surface area contributed by atoms with E-state index in [4.69, 9.17) is 9.47 Å². The maximum atomic E-state index is 12.6. The summed E-state index contributed by atoms with van der Waals surface area (Å²) in [6, 6.07) is 7.32. The number of benzene rings is 1. The molecule has 2 aromatic rings. The van der Waals surface area contributed by atoms with Gasteiger partial charge < -0.3 is 19.5 Å². The Kier molecular flexibility index (Phi) is 6.84. The lowest BCUT2D eigenvalue weighted by atomic mass is 10.2. The summed E-state index contributed by atoms with van der Waals surface area (Å²) >= 11 is 0. The summed E-state index contributed by atoms with van der Waals surface area (Å²) in [4.78, 5) is 28.5. The number of carbonyl (C=O) groups excluding carboxylic acids is 1. The van der Waals surface area contributed by atoms with E-state index in [1.54, 1.807) is 12.0 Å². The number of amides is 1. The molecule has 168 valence electrons. The van der Waals surface area contributed by atoms with E-state index in [0.717, 1.165) is 11.3 Å². The maximum absolute atomic E-state index is 12.6. The molecule has 0 saturated carbocycles. The minimum absolute atomic E-state index is 0.255. The van der Waals surface area contributed by atoms with Gasteiger partial charge in [0.2, 0.25) is 0 Å². The second-order valence-electron chi connectivity index (χ2n) is 8.57. The summed E-state index contributed by atoms with van der Waals surface area (Å²) < 4.78 is 11.8. The lowest BCUT2D eigenvalue weighted by molar-refractivity contribution is 0.0138. The van der Waals surface area contributed by atoms with Gasteiger partial charge in [0.25, 0.3) is 0 Å². The molecule has 2 heterocycles. The summed E-state index contributed by atoms with van der Waals surface area (Å²) in [5.41, 5.74) is 0.296. The molecule has 9 nitrogen and oxygen atoms in total. The molecule has 0 radical (unpaired) electrons. The molecule has 0 unspecified atom stereocenters. The zero-order valence-corrected chi connectivity index (χ0v) is 18.5. The van der Waals surface area contributed by atoms with E-state index in [1.807, 2.05) is 45.0 Å². The fourth-order valence-corrected chi connectivity index (χ4v) is 3.30. The van der Waals surface area contributed by atoms with Crippen molar-refractivity contribution in [1.82, 2.24) is 19.6 Å². The van der Waals surface area contributed by atoms with Crippen LogP contribution in [0.1, 0.15) is 31.9 Å². The van der Waals surface area contributed by atoms with Crippen molar-refractivity contribution < 1.29 is 19.4 Å². The Labute approximate surface area is 181 Å². The van der Waals surface area contributed by atoms with Gasteiger partial charge in [-0.2, -0.15) is 5.10 Å². The van der Waals surface area contributed by atoms with E-state index >= 15 is 0 Å². The molecule has 1 aromatic heterocycles. The molecule has 1 N–H and O–H groups in total. The van der Waals surface area contributed by atoms with Crippen LogP contribution in [-0.4, -0.2) is 69.7 Å². The molecule has 1 amide bonds. The first-order valence-electron chi connectivity index (χ1n) is 10.3. The van der Waals surface area contributed by atoms with Crippen LogP contribution in [0.3, 0.4) is 0 Å². The average Bonchev–Trinajstić information content (AvgIpc) is 2.73. The lowest BCUT2D eigenvalue weighted by Crippen LogP contribution is -2.49. The van der Waals surface area contributed by atoms with E-state index in [-0.39, 0.29) is 18.4 Å². The molecule has 0 bridgehead atoms. The molecule has 1 aromatic carbocycles. The van der Waals surface area contributed by atoms with Crippen LogP contribution in [0.5, 0.6) is 11.5 Å². The number of piperazine rings is 1. The molecule has 3 rings (SSSR count). The number of aromatic hydroxyl groups is 1. The van der Waals surface area contributed by atoms with Crippen LogP contribution in [0.2, 0.25) is 0 Å². The molecule has 0 atom stereocenters. The zero-order valence-electron chi connectivity index (χ0n) is 18.5. The highest BCUT2D eigenvalue weighted by molar-refractivity contribution is 5.68. The van der Waals surface area contributed by atoms with Crippen LogP contribution >= 0.6 is 0 Å². The van der Waals surface area contributed by atoms with Gasteiger partial charge in [-0.25, -0.2) is 9.48 Å². The molecule has 0 aliphatic carbocycles. The molecule has 9 heteroatoms. The largest absolute Gasteiger partial charge is 0.503 e. The first-order valence-corrected chi connectivity index (χ1v) is 10.3. The molecule has 1 aliphatic rings. The van der Waals surface area contributed by atoms with Gasteiger partial charge in [-0.1, -0.05) is 12.1 Å². The third-order valence-corrected chi connectivity index (χ3v) is 5.00. The van der Waals surface area contributed by atoms with Crippen molar-refractivity contribution in [3.05, 3.63) is 51.9 Å². The topological polar surface area (TPSA) is 97.1 Å². The number of rotatable bonds is 5. The van der Waals surface area contributed by atoms with Crippen LogP contribution in [0.25, 0.3) is 0 Å². The smallest absolute Gasteiger partial charge is 0.410 e. The number of hydrogen-bond acceptors (Lipinski definition) is 7. The van der Waals surface area contributed by atoms with Crippen LogP contribution < -0.4 is 10.3 Å².